The number of carbonyl (C=O) groups excluding carboxylic acids is 2. The van der Waals surface area contributed by atoms with Crippen molar-refractivity contribution in [3.05, 3.63) is 84.2 Å². The van der Waals surface area contributed by atoms with Crippen LogP contribution in [0.1, 0.15) is 42.5 Å². The molecule has 1 fully saturated rings. The highest BCUT2D eigenvalue weighted by atomic mass is 32.2. The Morgan fingerprint density at radius 3 is 2.14 bits per heavy atom. The molecule has 1 saturated carbocycles. The summed E-state index contributed by atoms with van der Waals surface area (Å²) >= 11 is 0. The van der Waals surface area contributed by atoms with E-state index in [9.17, 15) is 22.4 Å². The first kappa shape index (κ1) is 24.4. The molecule has 0 aliphatic heterocycles. The Balaban J connectivity index is 1.40. The van der Waals surface area contributed by atoms with Crippen LogP contribution in [0.15, 0.2) is 77.7 Å². The van der Waals surface area contributed by atoms with Gasteiger partial charge in [-0.15, -0.1) is 0 Å². The van der Waals surface area contributed by atoms with Gasteiger partial charge in [0.05, 0.1) is 10.6 Å². The molecular formula is C26H26FN3O4S. The maximum atomic E-state index is 14.3. The molecule has 0 spiro atoms. The largest absolute Gasteiger partial charge is 0.323 e. The fourth-order valence-electron chi connectivity index (χ4n) is 4.01. The predicted octanol–water partition coefficient (Wildman–Crippen LogP) is 5.40. The molecule has 35 heavy (non-hydrogen) atoms. The van der Waals surface area contributed by atoms with Crippen LogP contribution in [0.25, 0.3) is 0 Å². The van der Waals surface area contributed by atoms with Crippen molar-refractivity contribution < 1.29 is 22.4 Å². The molecule has 4 rings (SSSR count). The molecule has 3 aromatic carbocycles. The van der Waals surface area contributed by atoms with Gasteiger partial charge in [0.25, 0.3) is 15.9 Å². The van der Waals surface area contributed by atoms with Crippen molar-refractivity contribution in [3.63, 3.8) is 0 Å². The Bertz CT molecular complexity index is 1310. The molecule has 182 valence electrons. The minimum atomic E-state index is -3.74. The molecule has 3 N–H and O–H groups in total. The van der Waals surface area contributed by atoms with Crippen LogP contribution in [-0.4, -0.2) is 20.2 Å². The van der Waals surface area contributed by atoms with E-state index in [1.807, 2.05) is 0 Å². The molecule has 0 heterocycles. The van der Waals surface area contributed by atoms with Crippen molar-refractivity contribution in [1.82, 2.24) is 0 Å². The van der Waals surface area contributed by atoms with E-state index < -0.39 is 21.7 Å². The topological polar surface area (TPSA) is 104 Å². The summed E-state index contributed by atoms with van der Waals surface area (Å²) in [5, 5.41) is 5.32. The van der Waals surface area contributed by atoms with Gasteiger partial charge in [-0.25, -0.2) is 12.8 Å². The molecule has 3 aromatic rings. The van der Waals surface area contributed by atoms with Crippen LogP contribution in [0.2, 0.25) is 0 Å². The number of nitrogens with one attached hydrogen (secondary N) is 3. The van der Waals surface area contributed by atoms with E-state index in [0.717, 1.165) is 32.1 Å². The van der Waals surface area contributed by atoms with Crippen LogP contribution in [0, 0.1) is 11.7 Å². The van der Waals surface area contributed by atoms with E-state index in [0.29, 0.717) is 11.4 Å². The van der Waals surface area contributed by atoms with Crippen LogP contribution in [0.4, 0.5) is 21.5 Å². The maximum absolute atomic E-state index is 14.3. The number of hydrogen-bond donors (Lipinski definition) is 3. The van der Waals surface area contributed by atoms with Gasteiger partial charge >= 0.3 is 0 Å². The Kier molecular flexibility index (Phi) is 7.45. The van der Waals surface area contributed by atoms with Gasteiger partial charge in [0, 0.05) is 22.9 Å². The monoisotopic (exact) mass is 495 g/mol. The molecule has 0 bridgehead atoms. The van der Waals surface area contributed by atoms with Crippen molar-refractivity contribution >= 4 is 38.9 Å². The van der Waals surface area contributed by atoms with Gasteiger partial charge in [0.2, 0.25) is 5.91 Å². The third-order valence-electron chi connectivity index (χ3n) is 5.91. The lowest BCUT2D eigenvalue weighted by atomic mass is 9.88. The summed E-state index contributed by atoms with van der Waals surface area (Å²) in [5.74, 6) is -1.37. The summed E-state index contributed by atoms with van der Waals surface area (Å²) < 4.78 is 41.6. The van der Waals surface area contributed by atoms with Crippen LogP contribution >= 0.6 is 0 Å². The number of anilines is 3. The zero-order valence-electron chi connectivity index (χ0n) is 19.0. The molecule has 7 nitrogen and oxygen atoms in total. The first-order valence-electron chi connectivity index (χ1n) is 11.4. The second-order valence-corrected chi connectivity index (χ2v) is 10.2. The van der Waals surface area contributed by atoms with Crippen molar-refractivity contribution in [3.8, 4) is 0 Å². The molecule has 9 heteroatoms. The fourth-order valence-corrected chi connectivity index (χ4v) is 5.08. The fraction of sp³-hybridized carbons (Fsp3) is 0.231. The lowest BCUT2D eigenvalue weighted by Crippen LogP contribution is -2.25. The predicted molar refractivity (Wildman–Crippen MR) is 133 cm³/mol. The molecule has 0 saturated heterocycles. The van der Waals surface area contributed by atoms with Crippen LogP contribution < -0.4 is 15.4 Å². The van der Waals surface area contributed by atoms with Gasteiger partial charge in [-0.3, -0.25) is 14.3 Å². The van der Waals surface area contributed by atoms with Crippen LogP contribution in [0.5, 0.6) is 0 Å². The highest BCUT2D eigenvalue weighted by Gasteiger charge is 2.22. The normalized spacial score (nSPS) is 14.2. The number of rotatable bonds is 7. The zero-order chi connectivity index (χ0) is 24.8. The van der Waals surface area contributed by atoms with E-state index >= 15 is 0 Å². The summed E-state index contributed by atoms with van der Waals surface area (Å²) in [6, 6.07) is 17.9. The van der Waals surface area contributed by atoms with Crippen LogP contribution in [0.3, 0.4) is 0 Å². The summed E-state index contributed by atoms with van der Waals surface area (Å²) in [7, 11) is -3.74. The summed E-state index contributed by atoms with van der Waals surface area (Å²) in [6.07, 6.45) is 4.68. The van der Waals surface area contributed by atoms with Gasteiger partial charge in [-0.1, -0.05) is 37.5 Å². The van der Waals surface area contributed by atoms with Gasteiger partial charge in [-0.2, -0.15) is 0 Å². The molecule has 2 amide bonds. The SMILES string of the molecule is O=C(Nc1ccc(F)c(NC(=O)C2CCCCC2)c1)c1ccc(NS(=O)(=O)c2ccccc2)cc1. The van der Waals surface area contributed by atoms with Crippen molar-refractivity contribution in [2.75, 3.05) is 15.4 Å². The average Bonchev–Trinajstić information content (AvgIpc) is 2.87. The number of carbonyl (C=O) groups is 2. The minimum absolute atomic E-state index is 0.0176. The molecule has 0 radical (unpaired) electrons. The van der Waals surface area contributed by atoms with Crippen molar-refractivity contribution in [2.24, 2.45) is 5.92 Å². The third-order valence-corrected chi connectivity index (χ3v) is 7.31. The molecule has 1 aliphatic carbocycles. The quantitative estimate of drug-likeness (QED) is 0.408. The summed E-state index contributed by atoms with van der Waals surface area (Å²) in [4.78, 5) is 25.3. The smallest absolute Gasteiger partial charge is 0.261 e. The molecule has 0 unspecified atom stereocenters. The van der Waals surface area contributed by atoms with Crippen molar-refractivity contribution in [1.29, 1.82) is 0 Å². The number of benzene rings is 3. The van der Waals surface area contributed by atoms with E-state index in [1.165, 1.54) is 54.6 Å². The standard InChI is InChI=1S/C26H26FN3O4S/c27-23-16-15-21(17-24(23)29-26(32)18-7-3-1-4-8-18)28-25(31)19-11-13-20(14-12-19)30-35(33,34)22-9-5-2-6-10-22/h2,5-6,9-18,30H,1,3-4,7-8H2,(H,28,31)(H,29,32). The number of sulfonamides is 1. The Morgan fingerprint density at radius 1 is 0.800 bits per heavy atom. The Morgan fingerprint density at radius 2 is 1.46 bits per heavy atom. The van der Waals surface area contributed by atoms with Gasteiger partial charge < -0.3 is 10.6 Å². The second-order valence-electron chi connectivity index (χ2n) is 8.47. The van der Waals surface area contributed by atoms with Crippen LogP contribution in [-0.2, 0) is 14.8 Å². The minimum Gasteiger partial charge on any atom is -0.323 e. The third kappa shape index (κ3) is 6.24. The first-order valence-corrected chi connectivity index (χ1v) is 12.9. The van der Waals surface area contributed by atoms with E-state index in [2.05, 4.69) is 15.4 Å². The maximum Gasteiger partial charge on any atom is 0.261 e. The first-order chi connectivity index (χ1) is 16.8. The second kappa shape index (κ2) is 10.7. The highest BCUT2D eigenvalue weighted by Crippen LogP contribution is 2.27. The van der Waals surface area contributed by atoms with Crippen molar-refractivity contribution in [2.45, 2.75) is 37.0 Å². The van der Waals surface area contributed by atoms with E-state index in [-0.39, 0.29) is 28.0 Å². The lowest BCUT2D eigenvalue weighted by molar-refractivity contribution is -0.120. The summed E-state index contributed by atoms with van der Waals surface area (Å²) in [6.45, 7) is 0. The Labute approximate surface area is 203 Å². The van der Waals surface area contributed by atoms with E-state index in [4.69, 9.17) is 0 Å². The summed E-state index contributed by atoms with van der Waals surface area (Å²) in [5.41, 5.74) is 0.929. The molecular weight excluding hydrogens is 469 g/mol. The molecule has 0 atom stereocenters. The number of amides is 2. The average molecular weight is 496 g/mol. The zero-order valence-corrected chi connectivity index (χ0v) is 19.8. The van der Waals surface area contributed by atoms with Gasteiger partial charge in [0.1, 0.15) is 5.82 Å². The Hall–Kier alpha value is -3.72. The molecule has 1 aliphatic rings. The number of hydrogen-bond acceptors (Lipinski definition) is 4. The highest BCUT2D eigenvalue weighted by molar-refractivity contribution is 7.92. The van der Waals surface area contributed by atoms with Gasteiger partial charge in [-0.05, 0) is 67.4 Å². The van der Waals surface area contributed by atoms with E-state index in [1.54, 1.807) is 18.2 Å². The number of halogens is 1. The van der Waals surface area contributed by atoms with Gasteiger partial charge in [0.15, 0.2) is 0 Å². The molecule has 0 aromatic heterocycles. The lowest BCUT2D eigenvalue weighted by Gasteiger charge is -2.21.